The lowest BCUT2D eigenvalue weighted by molar-refractivity contribution is -0.244. The zero-order valence-electron chi connectivity index (χ0n) is 7.74. The monoisotopic (exact) mass is 220 g/mol. The molecule has 0 saturated carbocycles. The van der Waals surface area contributed by atoms with Crippen LogP contribution in [0.4, 0.5) is 0 Å². The Balaban J connectivity index is 2.28. The van der Waals surface area contributed by atoms with Gasteiger partial charge < -0.3 is 29.9 Å². The molecule has 2 rings (SSSR count). The van der Waals surface area contributed by atoms with Crippen molar-refractivity contribution in [2.24, 2.45) is 0 Å². The summed E-state index contributed by atoms with van der Waals surface area (Å²) in [4.78, 5) is 10.9. The Hall–Kier alpha value is -0.730. The molecule has 7 nitrogen and oxygen atoms in total. The molecule has 0 amide bonds. The molecule has 0 aromatic heterocycles. The Morgan fingerprint density at radius 3 is 2.60 bits per heavy atom. The van der Waals surface area contributed by atoms with Gasteiger partial charge in [0.2, 0.25) is 0 Å². The van der Waals surface area contributed by atoms with Crippen LogP contribution < -0.4 is 0 Å². The molecule has 0 radical (unpaired) electrons. The van der Waals surface area contributed by atoms with Crippen molar-refractivity contribution in [2.75, 3.05) is 6.61 Å². The topological polar surface area (TPSA) is 116 Å². The van der Waals surface area contributed by atoms with Gasteiger partial charge in [0.1, 0.15) is 18.3 Å². The molecule has 0 aromatic rings. The summed E-state index contributed by atoms with van der Waals surface area (Å²) in [6.45, 7) is -0.469. The minimum Gasteiger partial charge on any atom is -0.477 e. The molecule has 86 valence electrons. The maximum Gasteiger partial charge on any atom is 0.364 e. The molecule has 15 heavy (non-hydrogen) atoms. The third-order valence-electron chi connectivity index (χ3n) is 2.75. The molecule has 2 bridgehead atoms. The largest absolute Gasteiger partial charge is 0.477 e. The third kappa shape index (κ3) is 1.44. The van der Waals surface area contributed by atoms with Gasteiger partial charge in [-0.1, -0.05) is 0 Å². The van der Waals surface area contributed by atoms with Gasteiger partial charge in [-0.05, 0) is 0 Å². The number of carboxylic acid groups (broad SMARTS) is 1. The number of ether oxygens (including phenoxy) is 2. The molecule has 2 aliphatic heterocycles. The summed E-state index contributed by atoms with van der Waals surface area (Å²) in [5.41, 5.74) is 0. The molecule has 7 heteroatoms. The van der Waals surface area contributed by atoms with E-state index in [1.165, 1.54) is 0 Å². The van der Waals surface area contributed by atoms with Crippen molar-refractivity contribution in [1.29, 1.82) is 0 Å². The fraction of sp³-hybridized carbons (Fsp3) is 0.875. The van der Waals surface area contributed by atoms with Crippen LogP contribution in [-0.4, -0.2) is 63.2 Å². The number of fused-ring (bicyclic) bond motifs is 2. The first-order chi connectivity index (χ1) is 7.00. The van der Waals surface area contributed by atoms with Gasteiger partial charge in [-0.3, -0.25) is 0 Å². The second-order valence-electron chi connectivity index (χ2n) is 3.74. The van der Waals surface area contributed by atoms with Crippen molar-refractivity contribution in [2.45, 2.75) is 36.6 Å². The summed E-state index contributed by atoms with van der Waals surface area (Å²) in [6.07, 6.45) is -4.74. The highest BCUT2D eigenvalue weighted by molar-refractivity contribution is 5.76. The van der Waals surface area contributed by atoms with E-state index in [2.05, 4.69) is 0 Å². The normalized spacial score (nSPS) is 49.3. The lowest BCUT2D eigenvalue weighted by atomic mass is 9.96. The van der Waals surface area contributed by atoms with E-state index in [-0.39, 0.29) is 6.42 Å². The first-order valence-corrected chi connectivity index (χ1v) is 4.56. The van der Waals surface area contributed by atoms with Gasteiger partial charge in [-0.25, -0.2) is 4.79 Å². The lowest BCUT2D eigenvalue weighted by Gasteiger charge is -2.33. The number of aliphatic hydroxyl groups excluding tert-OH is 3. The predicted octanol–water partition coefficient (Wildman–Crippen LogP) is -2.33. The third-order valence-corrected chi connectivity index (χ3v) is 2.75. The van der Waals surface area contributed by atoms with Gasteiger partial charge >= 0.3 is 5.97 Å². The maximum atomic E-state index is 10.9. The Bertz CT molecular complexity index is 276. The molecule has 5 unspecified atom stereocenters. The smallest absolute Gasteiger partial charge is 0.364 e. The van der Waals surface area contributed by atoms with Gasteiger partial charge in [0.15, 0.2) is 0 Å². The summed E-state index contributed by atoms with van der Waals surface area (Å²) in [6, 6.07) is 0. The van der Waals surface area contributed by atoms with Crippen molar-refractivity contribution >= 4 is 5.97 Å². The van der Waals surface area contributed by atoms with E-state index >= 15 is 0 Å². The summed E-state index contributed by atoms with van der Waals surface area (Å²) >= 11 is 0. The van der Waals surface area contributed by atoms with E-state index in [1.807, 2.05) is 0 Å². The number of carbonyl (C=O) groups is 1. The van der Waals surface area contributed by atoms with E-state index in [0.717, 1.165) is 0 Å². The number of aliphatic hydroxyl groups is 3. The van der Waals surface area contributed by atoms with E-state index < -0.39 is 42.8 Å². The van der Waals surface area contributed by atoms with Crippen molar-refractivity contribution < 1.29 is 34.7 Å². The number of aliphatic carboxylic acids is 1. The Morgan fingerprint density at radius 1 is 1.40 bits per heavy atom. The number of hydrogen-bond acceptors (Lipinski definition) is 6. The number of hydrogen-bond donors (Lipinski definition) is 4. The molecule has 2 saturated heterocycles. The summed E-state index contributed by atoms with van der Waals surface area (Å²) < 4.78 is 10.1. The highest BCUT2D eigenvalue weighted by atomic mass is 16.8. The minimum atomic E-state index is -1.93. The Labute approximate surface area is 84.8 Å². The molecule has 0 aliphatic carbocycles. The van der Waals surface area contributed by atoms with Crippen LogP contribution in [0, 0.1) is 0 Å². The van der Waals surface area contributed by atoms with E-state index in [1.54, 1.807) is 0 Å². The van der Waals surface area contributed by atoms with E-state index in [4.69, 9.17) is 19.7 Å². The highest BCUT2D eigenvalue weighted by Gasteiger charge is 2.61. The summed E-state index contributed by atoms with van der Waals surface area (Å²) in [5, 5.41) is 36.8. The number of carboxylic acids is 1. The first kappa shape index (κ1) is 10.8. The zero-order chi connectivity index (χ0) is 11.2. The van der Waals surface area contributed by atoms with Crippen LogP contribution in [0.2, 0.25) is 0 Å². The standard InChI is InChI=1S/C8H12O7/c9-2-4-6-5(11)3(10)1-8(14-4,15-6)7(12)13/h3-6,9-11H,1-2H2,(H,12,13). The second kappa shape index (κ2) is 3.39. The molecule has 0 aromatic carbocycles. The van der Waals surface area contributed by atoms with E-state index in [9.17, 15) is 15.0 Å². The molecule has 2 aliphatic rings. The van der Waals surface area contributed by atoms with Crippen LogP contribution in [0.3, 0.4) is 0 Å². The summed E-state index contributed by atoms with van der Waals surface area (Å²) in [5.74, 6) is -3.30. The molecule has 0 spiro atoms. The van der Waals surface area contributed by atoms with Crippen LogP contribution in [0.5, 0.6) is 0 Å². The van der Waals surface area contributed by atoms with Gasteiger partial charge in [0, 0.05) is 6.42 Å². The van der Waals surface area contributed by atoms with Crippen LogP contribution in [0.15, 0.2) is 0 Å². The zero-order valence-corrected chi connectivity index (χ0v) is 7.74. The van der Waals surface area contributed by atoms with Gasteiger partial charge in [-0.2, -0.15) is 0 Å². The molecule has 2 heterocycles. The van der Waals surface area contributed by atoms with Crippen molar-refractivity contribution in [3.8, 4) is 0 Å². The fourth-order valence-corrected chi connectivity index (χ4v) is 1.97. The second-order valence-corrected chi connectivity index (χ2v) is 3.74. The number of rotatable bonds is 2. The first-order valence-electron chi connectivity index (χ1n) is 4.56. The van der Waals surface area contributed by atoms with Gasteiger partial charge in [0.25, 0.3) is 5.79 Å². The van der Waals surface area contributed by atoms with Crippen molar-refractivity contribution in [1.82, 2.24) is 0 Å². The SMILES string of the molecule is O=C(O)C12CC(O)C(O)C(O1)C(CO)O2. The van der Waals surface area contributed by atoms with Crippen LogP contribution in [-0.2, 0) is 14.3 Å². The molecular formula is C8H12O7. The minimum absolute atomic E-state index is 0.351. The molecular weight excluding hydrogens is 208 g/mol. The van der Waals surface area contributed by atoms with Crippen molar-refractivity contribution in [3.63, 3.8) is 0 Å². The average molecular weight is 220 g/mol. The van der Waals surface area contributed by atoms with Gasteiger partial charge in [-0.15, -0.1) is 0 Å². The summed E-state index contributed by atoms with van der Waals surface area (Å²) in [7, 11) is 0. The Morgan fingerprint density at radius 2 is 2.07 bits per heavy atom. The highest BCUT2D eigenvalue weighted by Crippen LogP contribution is 2.40. The average Bonchev–Trinajstić information content (AvgIpc) is 2.52. The molecule has 2 fully saturated rings. The molecule has 5 atom stereocenters. The van der Waals surface area contributed by atoms with Crippen LogP contribution in [0.1, 0.15) is 6.42 Å². The Kier molecular flexibility index (Phi) is 2.44. The van der Waals surface area contributed by atoms with Crippen LogP contribution >= 0.6 is 0 Å². The predicted molar refractivity (Wildman–Crippen MR) is 43.8 cm³/mol. The lowest BCUT2D eigenvalue weighted by Crippen LogP contribution is -2.53. The van der Waals surface area contributed by atoms with Crippen molar-refractivity contribution in [3.05, 3.63) is 0 Å². The fourth-order valence-electron chi connectivity index (χ4n) is 1.97. The van der Waals surface area contributed by atoms with E-state index in [0.29, 0.717) is 0 Å². The van der Waals surface area contributed by atoms with Crippen LogP contribution in [0.25, 0.3) is 0 Å². The molecule has 4 N–H and O–H groups in total. The maximum absolute atomic E-state index is 10.9. The van der Waals surface area contributed by atoms with Gasteiger partial charge in [0.05, 0.1) is 12.7 Å². The quantitative estimate of drug-likeness (QED) is 0.412.